The van der Waals surface area contributed by atoms with Crippen LogP contribution in [0.2, 0.25) is 0 Å². The number of carbonyl (C=O) groups is 1. The molecule has 1 heterocycles. The summed E-state index contributed by atoms with van der Waals surface area (Å²) in [6, 6.07) is 7.97. The Bertz CT molecular complexity index is 411. The summed E-state index contributed by atoms with van der Waals surface area (Å²) in [4.78, 5) is 11.7. The Balaban J connectivity index is 1.60. The highest BCUT2D eigenvalue weighted by Gasteiger charge is 2.15. The fourth-order valence-electron chi connectivity index (χ4n) is 2.52. The molecule has 0 spiro atoms. The van der Waals surface area contributed by atoms with Crippen LogP contribution in [0.25, 0.3) is 0 Å². The van der Waals surface area contributed by atoms with Crippen molar-refractivity contribution in [3.05, 3.63) is 29.8 Å². The molecule has 2 N–H and O–H groups in total. The zero-order valence-corrected chi connectivity index (χ0v) is 12.2. The predicted molar refractivity (Wildman–Crippen MR) is 79.9 cm³/mol. The SMILES string of the molecule is COc1ccc(CCNC(=O)CCC2CCNC2)cc1. The Hall–Kier alpha value is -1.55. The smallest absolute Gasteiger partial charge is 0.220 e. The molecule has 1 atom stereocenters. The van der Waals surface area contributed by atoms with Crippen molar-refractivity contribution in [1.82, 2.24) is 10.6 Å². The normalized spacial score (nSPS) is 17.9. The van der Waals surface area contributed by atoms with Crippen molar-refractivity contribution in [3.63, 3.8) is 0 Å². The lowest BCUT2D eigenvalue weighted by molar-refractivity contribution is -0.121. The topological polar surface area (TPSA) is 50.4 Å². The van der Waals surface area contributed by atoms with E-state index in [1.807, 2.05) is 24.3 Å². The quantitative estimate of drug-likeness (QED) is 0.797. The zero-order chi connectivity index (χ0) is 14.2. The van der Waals surface area contributed by atoms with Crippen LogP contribution in [0.5, 0.6) is 5.75 Å². The number of benzene rings is 1. The van der Waals surface area contributed by atoms with Gasteiger partial charge in [-0.2, -0.15) is 0 Å². The summed E-state index contributed by atoms with van der Waals surface area (Å²) in [6.45, 7) is 2.87. The van der Waals surface area contributed by atoms with Gasteiger partial charge in [0.05, 0.1) is 7.11 Å². The van der Waals surface area contributed by atoms with Gasteiger partial charge in [0.25, 0.3) is 0 Å². The highest BCUT2D eigenvalue weighted by molar-refractivity contribution is 5.75. The third-order valence-corrected chi connectivity index (χ3v) is 3.84. The molecule has 20 heavy (non-hydrogen) atoms. The van der Waals surface area contributed by atoms with Crippen molar-refractivity contribution in [1.29, 1.82) is 0 Å². The summed E-state index contributed by atoms with van der Waals surface area (Å²) in [5.41, 5.74) is 1.21. The van der Waals surface area contributed by atoms with Crippen LogP contribution in [0.1, 0.15) is 24.8 Å². The first-order valence-corrected chi connectivity index (χ1v) is 7.38. The molecule has 1 fully saturated rings. The molecule has 0 saturated carbocycles. The minimum atomic E-state index is 0.172. The Morgan fingerprint density at radius 1 is 1.40 bits per heavy atom. The van der Waals surface area contributed by atoms with Crippen molar-refractivity contribution in [2.45, 2.75) is 25.7 Å². The molecule has 0 bridgehead atoms. The number of methoxy groups -OCH3 is 1. The second-order valence-electron chi connectivity index (χ2n) is 5.35. The first kappa shape index (κ1) is 14.9. The Morgan fingerprint density at radius 3 is 2.85 bits per heavy atom. The molecule has 0 aliphatic carbocycles. The molecule has 0 aromatic heterocycles. The number of ether oxygens (including phenoxy) is 1. The Kier molecular flexibility index (Phi) is 5.87. The van der Waals surface area contributed by atoms with Gasteiger partial charge >= 0.3 is 0 Å². The minimum absolute atomic E-state index is 0.172. The number of hydrogen-bond acceptors (Lipinski definition) is 3. The van der Waals surface area contributed by atoms with Gasteiger partial charge in [0.1, 0.15) is 5.75 Å². The van der Waals surface area contributed by atoms with Crippen LogP contribution in [0, 0.1) is 5.92 Å². The molecular formula is C16H24N2O2. The van der Waals surface area contributed by atoms with E-state index in [1.165, 1.54) is 12.0 Å². The summed E-state index contributed by atoms with van der Waals surface area (Å²) in [6.07, 6.45) is 3.72. The third-order valence-electron chi connectivity index (χ3n) is 3.84. The highest BCUT2D eigenvalue weighted by atomic mass is 16.5. The van der Waals surface area contributed by atoms with Crippen LogP contribution < -0.4 is 15.4 Å². The average Bonchev–Trinajstić information content (AvgIpc) is 2.99. The maximum atomic E-state index is 11.7. The largest absolute Gasteiger partial charge is 0.497 e. The Labute approximate surface area is 120 Å². The van der Waals surface area contributed by atoms with Gasteiger partial charge < -0.3 is 15.4 Å². The lowest BCUT2D eigenvalue weighted by atomic mass is 10.0. The second-order valence-corrected chi connectivity index (χ2v) is 5.35. The van der Waals surface area contributed by atoms with Gasteiger partial charge in [-0.15, -0.1) is 0 Å². The molecule has 2 rings (SSSR count). The molecule has 4 nitrogen and oxygen atoms in total. The van der Waals surface area contributed by atoms with Gasteiger partial charge in [-0.3, -0.25) is 4.79 Å². The summed E-state index contributed by atoms with van der Waals surface area (Å²) in [5.74, 6) is 1.72. The van der Waals surface area contributed by atoms with Gasteiger partial charge in [0.15, 0.2) is 0 Å². The molecule has 4 heteroatoms. The van der Waals surface area contributed by atoms with Crippen LogP contribution in [-0.4, -0.2) is 32.7 Å². The summed E-state index contributed by atoms with van der Waals surface area (Å²) in [5, 5.41) is 6.32. The van der Waals surface area contributed by atoms with Crippen LogP contribution in [0.4, 0.5) is 0 Å². The van der Waals surface area contributed by atoms with Crippen LogP contribution >= 0.6 is 0 Å². The fourth-order valence-corrected chi connectivity index (χ4v) is 2.52. The maximum Gasteiger partial charge on any atom is 0.220 e. The van der Waals surface area contributed by atoms with Crippen molar-refractivity contribution >= 4 is 5.91 Å². The van der Waals surface area contributed by atoms with E-state index in [0.717, 1.165) is 31.7 Å². The van der Waals surface area contributed by atoms with Gasteiger partial charge in [-0.05, 0) is 56.0 Å². The lowest BCUT2D eigenvalue weighted by Crippen LogP contribution is -2.26. The van der Waals surface area contributed by atoms with E-state index < -0.39 is 0 Å². The Morgan fingerprint density at radius 2 is 2.20 bits per heavy atom. The zero-order valence-electron chi connectivity index (χ0n) is 12.2. The third kappa shape index (κ3) is 4.85. The molecule has 1 amide bonds. The van der Waals surface area contributed by atoms with Crippen molar-refractivity contribution < 1.29 is 9.53 Å². The summed E-state index contributed by atoms with van der Waals surface area (Å²) < 4.78 is 5.12. The molecule has 1 saturated heterocycles. The van der Waals surface area contributed by atoms with Gasteiger partial charge in [-0.25, -0.2) is 0 Å². The van der Waals surface area contributed by atoms with Crippen LogP contribution in [0.3, 0.4) is 0 Å². The number of hydrogen-bond donors (Lipinski definition) is 2. The minimum Gasteiger partial charge on any atom is -0.497 e. The van der Waals surface area contributed by atoms with Crippen molar-refractivity contribution in [2.24, 2.45) is 5.92 Å². The standard InChI is InChI=1S/C16H24N2O2/c1-20-15-5-2-13(3-6-15)9-11-18-16(19)7-4-14-8-10-17-12-14/h2-3,5-6,14,17H,4,7-12H2,1H3,(H,18,19). The van der Waals surface area contributed by atoms with Crippen LogP contribution in [0.15, 0.2) is 24.3 Å². The fraction of sp³-hybridized carbons (Fsp3) is 0.562. The molecule has 1 aromatic rings. The first-order chi connectivity index (χ1) is 9.78. The van der Waals surface area contributed by atoms with Crippen LogP contribution in [-0.2, 0) is 11.2 Å². The van der Waals surface area contributed by atoms with Gasteiger partial charge in [0, 0.05) is 13.0 Å². The molecule has 1 unspecified atom stereocenters. The molecule has 1 aliphatic rings. The predicted octanol–water partition coefficient (Wildman–Crippen LogP) is 1.74. The van der Waals surface area contributed by atoms with E-state index in [-0.39, 0.29) is 5.91 Å². The van der Waals surface area contributed by atoms with Gasteiger partial charge in [-0.1, -0.05) is 12.1 Å². The molecule has 1 aromatic carbocycles. The lowest BCUT2D eigenvalue weighted by Gasteiger charge is -2.09. The van der Waals surface area contributed by atoms with E-state index >= 15 is 0 Å². The average molecular weight is 276 g/mol. The highest BCUT2D eigenvalue weighted by Crippen LogP contribution is 2.14. The van der Waals surface area contributed by atoms with E-state index in [9.17, 15) is 4.79 Å². The van der Waals surface area contributed by atoms with Gasteiger partial charge in [0.2, 0.25) is 5.91 Å². The number of amides is 1. The molecular weight excluding hydrogens is 252 g/mol. The molecule has 110 valence electrons. The van der Waals surface area contributed by atoms with E-state index in [1.54, 1.807) is 7.11 Å². The monoisotopic (exact) mass is 276 g/mol. The maximum absolute atomic E-state index is 11.7. The number of carbonyl (C=O) groups excluding carboxylic acids is 1. The summed E-state index contributed by atoms with van der Waals surface area (Å²) in [7, 11) is 1.66. The number of rotatable bonds is 7. The number of nitrogens with one attached hydrogen (secondary N) is 2. The molecule has 0 radical (unpaired) electrons. The van der Waals surface area contributed by atoms with E-state index in [4.69, 9.17) is 4.74 Å². The van der Waals surface area contributed by atoms with Crippen molar-refractivity contribution in [3.8, 4) is 5.75 Å². The molecule has 1 aliphatic heterocycles. The second kappa shape index (κ2) is 7.90. The van der Waals surface area contributed by atoms with E-state index in [2.05, 4.69) is 10.6 Å². The van der Waals surface area contributed by atoms with Crippen molar-refractivity contribution in [2.75, 3.05) is 26.7 Å². The summed E-state index contributed by atoms with van der Waals surface area (Å²) >= 11 is 0. The van der Waals surface area contributed by atoms with E-state index in [0.29, 0.717) is 18.9 Å². The first-order valence-electron chi connectivity index (χ1n) is 7.38.